The van der Waals surface area contributed by atoms with Crippen molar-refractivity contribution in [2.24, 2.45) is 0 Å². The zero-order chi connectivity index (χ0) is 21.8. The van der Waals surface area contributed by atoms with Crippen LogP contribution in [-0.4, -0.2) is 25.1 Å². The number of hydrogen-bond acceptors (Lipinski definition) is 6. The lowest BCUT2D eigenvalue weighted by Gasteiger charge is -2.18. The molecule has 2 heterocycles. The van der Waals surface area contributed by atoms with E-state index in [4.69, 9.17) is 9.40 Å². The van der Waals surface area contributed by atoms with Gasteiger partial charge in [-0.25, -0.2) is 13.4 Å². The van der Waals surface area contributed by atoms with Crippen molar-refractivity contribution in [2.75, 3.05) is 10.7 Å². The second-order valence-electron chi connectivity index (χ2n) is 7.06. The molecule has 0 aliphatic carbocycles. The zero-order valence-corrected chi connectivity index (χ0v) is 18.7. The van der Waals surface area contributed by atoms with E-state index in [2.05, 4.69) is 6.92 Å². The second kappa shape index (κ2) is 9.03. The highest BCUT2D eigenvalue weighted by Gasteiger charge is 2.24. The van der Waals surface area contributed by atoms with Gasteiger partial charge in [0.05, 0.1) is 33.7 Å². The lowest BCUT2D eigenvalue weighted by molar-refractivity contribution is -0.118. The molecule has 0 saturated heterocycles. The summed E-state index contributed by atoms with van der Waals surface area (Å²) in [6, 6.07) is 17.7. The van der Waals surface area contributed by atoms with Crippen molar-refractivity contribution in [2.45, 2.75) is 31.2 Å². The highest BCUT2D eigenvalue weighted by molar-refractivity contribution is 7.91. The van der Waals surface area contributed by atoms with Crippen molar-refractivity contribution in [3.05, 3.63) is 78.3 Å². The summed E-state index contributed by atoms with van der Waals surface area (Å²) in [5, 5.41) is 0.536. The van der Waals surface area contributed by atoms with Crippen molar-refractivity contribution in [3.8, 4) is 0 Å². The summed E-state index contributed by atoms with van der Waals surface area (Å²) in [5.74, 6) is 0.0255. The highest BCUT2D eigenvalue weighted by atomic mass is 32.2. The van der Waals surface area contributed by atoms with Crippen molar-refractivity contribution in [3.63, 3.8) is 0 Å². The maximum absolute atomic E-state index is 13.2. The van der Waals surface area contributed by atoms with Gasteiger partial charge in [-0.3, -0.25) is 9.69 Å². The number of anilines is 1. The van der Waals surface area contributed by atoms with Crippen LogP contribution in [0.4, 0.5) is 5.13 Å². The molecule has 2 aromatic carbocycles. The first-order valence-corrected chi connectivity index (χ1v) is 12.4. The Labute approximate surface area is 185 Å². The van der Waals surface area contributed by atoms with E-state index in [0.717, 1.165) is 22.2 Å². The van der Waals surface area contributed by atoms with E-state index in [-0.39, 0.29) is 29.5 Å². The molecule has 4 aromatic rings. The number of aryl methyl sites for hydroxylation is 1. The van der Waals surface area contributed by atoms with Crippen molar-refractivity contribution >= 4 is 42.4 Å². The predicted molar refractivity (Wildman–Crippen MR) is 122 cm³/mol. The third-order valence-corrected chi connectivity index (χ3v) is 7.76. The fourth-order valence-corrected chi connectivity index (χ4v) is 5.60. The maximum atomic E-state index is 13.2. The van der Waals surface area contributed by atoms with Crippen LogP contribution in [0.5, 0.6) is 0 Å². The Morgan fingerprint density at radius 3 is 2.58 bits per heavy atom. The lowest BCUT2D eigenvalue weighted by Crippen LogP contribution is -2.31. The highest BCUT2D eigenvalue weighted by Crippen LogP contribution is 2.32. The topological polar surface area (TPSA) is 80.5 Å². The summed E-state index contributed by atoms with van der Waals surface area (Å²) in [4.78, 5) is 19.6. The van der Waals surface area contributed by atoms with E-state index < -0.39 is 9.84 Å². The number of aromatic nitrogens is 1. The standard InChI is InChI=1S/C23H22N2O4S2/c1-2-17-8-6-12-20-22(17)24-23(30-20)25(16-18-9-7-14-29-18)21(26)13-15-31(27,28)19-10-4-3-5-11-19/h3-12,14H,2,13,15-16H2,1H3. The molecular formula is C23H22N2O4S2. The normalized spacial score (nSPS) is 11.6. The SMILES string of the molecule is CCc1cccc2sc(N(Cc3ccco3)C(=O)CCS(=O)(=O)c3ccccc3)nc12. The average molecular weight is 455 g/mol. The predicted octanol–water partition coefficient (Wildman–Crippen LogP) is 4.85. The average Bonchev–Trinajstić information content (AvgIpc) is 3.45. The van der Waals surface area contributed by atoms with Crippen LogP contribution in [0, 0.1) is 0 Å². The second-order valence-corrected chi connectivity index (χ2v) is 10.2. The van der Waals surface area contributed by atoms with E-state index in [1.807, 2.05) is 18.2 Å². The molecule has 0 radical (unpaired) electrons. The number of fused-ring (bicyclic) bond motifs is 1. The molecule has 0 unspecified atom stereocenters. The Morgan fingerprint density at radius 2 is 1.87 bits per heavy atom. The van der Waals surface area contributed by atoms with Crippen molar-refractivity contribution < 1.29 is 17.6 Å². The molecule has 0 aliphatic rings. The summed E-state index contributed by atoms with van der Waals surface area (Å²) in [7, 11) is -3.56. The van der Waals surface area contributed by atoms with Crippen LogP contribution >= 0.6 is 11.3 Å². The number of furan rings is 1. The Hall–Kier alpha value is -2.97. The summed E-state index contributed by atoms with van der Waals surface area (Å²) < 4.78 is 31.7. The third-order valence-electron chi connectivity index (χ3n) is 4.99. The number of nitrogens with zero attached hydrogens (tertiary/aromatic N) is 2. The van der Waals surface area contributed by atoms with Crippen LogP contribution in [0.25, 0.3) is 10.2 Å². The number of benzene rings is 2. The number of rotatable bonds is 8. The molecule has 0 spiro atoms. The van der Waals surface area contributed by atoms with E-state index in [9.17, 15) is 13.2 Å². The van der Waals surface area contributed by atoms with Crippen LogP contribution < -0.4 is 4.90 Å². The number of para-hydroxylation sites is 1. The van der Waals surface area contributed by atoms with Crippen molar-refractivity contribution in [1.29, 1.82) is 0 Å². The van der Waals surface area contributed by atoms with Gasteiger partial charge in [0.25, 0.3) is 0 Å². The molecule has 1 amide bonds. The first-order chi connectivity index (χ1) is 15.0. The van der Waals surface area contributed by atoms with Gasteiger partial charge in [0.2, 0.25) is 5.91 Å². The molecule has 0 saturated carbocycles. The first kappa shape index (κ1) is 21.3. The van der Waals surface area contributed by atoms with Crippen LogP contribution in [0.15, 0.2) is 76.2 Å². The van der Waals surface area contributed by atoms with E-state index in [1.54, 1.807) is 48.7 Å². The number of hydrogen-bond donors (Lipinski definition) is 0. The van der Waals surface area contributed by atoms with Gasteiger partial charge in [0, 0.05) is 6.42 Å². The van der Waals surface area contributed by atoms with Gasteiger partial charge in [-0.15, -0.1) is 0 Å². The molecule has 4 rings (SSSR count). The molecular weight excluding hydrogens is 432 g/mol. The molecule has 160 valence electrons. The summed E-state index contributed by atoms with van der Waals surface area (Å²) in [6.45, 7) is 2.26. The number of sulfone groups is 1. The molecule has 0 atom stereocenters. The minimum Gasteiger partial charge on any atom is -0.467 e. The van der Waals surface area contributed by atoms with E-state index >= 15 is 0 Å². The lowest BCUT2D eigenvalue weighted by atomic mass is 10.1. The molecule has 0 fully saturated rings. The number of carbonyl (C=O) groups excluding carboxylic acids is 1. The zero-order valence-electron chi connectivity index (χ0n) is 17.0. The fourth-order valence-electron chi connectivity index (χ4n) is 3.32. The third kappa shape index (κ3) is 4.70. The minimum atomic E-state index is -3.56. The summed E-state index contributed by atoms with van der Waals surface area (Å²) in [5.41, 5.74) is 1.98. The van der Waals surface area contributed by atoms with Gasteiger partial charge in [0.15, 0.2) is 15.0 Å². The Kier molecular flexibility index (Phi) is 6.20. The van der Waals surface area contributed by atoms with Gasteiger partial charge in [-0.05, 0) is 42.3 Å². The summed E-state index contributed by atoms with van der Waals surface area (Å²) in [6.07, 6.45) is 2.24. The molecule has 0 bridgehead atoms. The van der Waals surface area contributed by atoms with Crippen LogP contribution in [0.2, 0.25) is 0 Å². The van der Waals surface area contributed by atoms with E-state index in [0.29, 0.717) is 10.9 Å². The van der Waals surface area contributed by atoms with E-state index in [1.165, 1.54) is 16.2 Å². The Morgan fingerprint density at radius 1 is 1.06 bits per heavy atom. The first-order valence-electron chi connectivity index (χ1n) is 9.97. The quantitative estimate of drug-likeness (QED) is 0.380. The maximum Gasteiger partial charge on any atom is 0.230 e. The van der Waals surface area contributed by atoms with Gasteiger partial charge in [-0.2, -0.15) is 0 Å². The number of carbonyl (C=O) groups is 1. The van der Waals surface area contributed by atoms with Crippen molar-refractivity contribution in [1.82, 2.24) is 4.98 Å². The molecule has 0 N–H and O–H groups in total. The minimum absolute atomic E-state index is 0.144. The Bertz CT molecular complexity index is 1280. The largest absolute Gasteiger partial charge is 0.467 e. The van der Waals surface area contributed by atoms with Gasteiger partial charge in [0.1, 0.15) is 5.76 Å². The van der Waals surface area contributed by atoms with Crippen LogP contribution in [0.1, 0.15) is 24.7 Å². The molecule has 31 heavy (non-hydrogen) atoms. The van der Waals surface area contributed by atoms with Gasteiger partial charge >= 0.3 is 0 Å². The number of thiazole rings is 1. The molecule has 0 aliphatic heterocycles. The molecule has 8 heteroatoms. The van der Waals surface area contributed by atoms with Gasteiger partial charge in [-0.1, -0.05) is 48.6 Å². The molecule has 2 aromatic heterocycles. The monoisotopic (exact) mass is 454 g/mol. The van der Waals surface area contributed by atoms with Crippen LogP contribution in [-0.2, 0) is 27.6 Å². The van der Waals surface area contributed by atoms with Gasteiger partial charge < -0.3 is 4.42 Å². The summed E-state index contributed by atoms with van der Waals surface area (Å²) >= 11 is 1.42. The smallest absolute Gasteiger partial charge is 0.230 e. The number of amides is 1. The fraction of sp³-hybridized carbons (Fsp3) is 0.217. The Balaban J connectivity index is 1.61. The van der Waals surface area contributed by atoms with Crippen LogP contribution in [0.3, 0.4) is 0 Å². The molecule has 6 nitrogen and oxygen atoms in total.